The van der Waals surface area contributed by atoms with Gasteiger partial charge in [-0.05, 0) is 55.0 Å². The van der Waals surface area contributed by atoms with Crippen LogP contribution in [0.1, 0.15) is 16.7 Å². The quantitative estimate of drug-likeness (QED) is 0.312. The smallest absolute Gasteiger partial charge is 0.308 e. The van der Waals surface area contributed by atoms with Crippen molar-refractivity contribution in [2.24, 2.45) is 0 Å². The van der Waals surface area contributed by atoms with E-state index >= 15 is 0 Å². The third-order valence-corrected chi connectivity index (χ3v) is 4.90. The Bertz CT molecular complexity index is 1320. The molecule has 2 aromatic heterocycles. The molecule has 4 aromatic rings. The van der Waals surface area contributed by atoms with Gasteiger partial charge in [-0.2, -0.15) is 26.3 Å². The molecule has 2 heterocycles. The first-order chi connectivity index (χ1) is 15.9. The lowest BCUT2D eigenvalue weighted by Crippen LogP contribution is -2.20. The van der Waals surface area contributed by atoms with Gasteiger partial charge in [-0.1, -0.05) is 12.1 Å². The molecule has 176 valence electrons. The molecular weight excluding hydrogens is 462 g/mol. The van der Waals surface area contributed by atoms with Crippen LogP contribution < -0.4 is 10.6 Å². The molecule has 0 aliphatic carbocycles. The van der Waals surface area contributed by atoms with Crippen LogP contribution in [0.3, 0.4) is 0 Å². The molecule has 0 aliphatic rings. The van der Waals surface area contributed by atoms with Crippen molar-refractivity contribution in [3.63, 3.8) is 0 Å². The number of fused-ring (bicyclic) bond motifs is 1. The molecule has 0 atom stereocenters. The minimum absolute atomic E-state index is 0.0115. The van der Waals surface area contributed by atoms with Gasteiger partial charge < -0.3 is 15.0 Å². The molecule has 0 saturated heterocycles. The first-order valence-corrected chi connectivity index (χ1v) is 9.82. The van der Waals surface area contributed by atoms with Crippen molar-refractivity contribution in [3.05, 3.63) is 83.7 Å². The second-order valence-electron chi connectivity index (χ2n) is 7.55. The average molecular weight is 478 g/mol. The van der Waals surface area contributed by atoms with Gasteiger partial charge in [0.1, 0.15) is 5.65 Å². The average Bonchev–Trinajstić information content (AvgIpc) is 3.16. The van der Waals surface area contributed by atoms with Crippen molar-refractivity contribution in [1.29, 1.82) is 0 Å². The number of hydrogen-bond donors (Lipinski definition) is 2. The zero-order chi connectivity index (χ0) is 24.7. The fourth-order valence-corrected chi connectivity index (χ4v) is 3.27. The summed E-state index contributed by atoms with van der Waals surface area (Å²) in [7, 11) is 0. The lowest BCUT2D eigenvalue weighted by Gasteiger charge is -2.15. The number of imidazole rings is 1. The van der Waals surface area contributed by atoms with E-state index in [0.29, 0.717) is 17.8 Å². The first-order valence-electron chi connectivity index (χ1n) is 9.82. The SMILES string of the molecule is Cc1ccn2cc(-c3ccc(NC(=O)Nc4cc(C(F)(F)F)cc(C(F)(F)F)c4)cc3)nc2c1. The van der Waals surface area contributed by atoms with E-state index in [-0.39, 0.29) is 11.8 Å². The van der Waals surface area contributed by atoms with E-state index in [0.717, 1.165) is 16.8 Å². The van der Waals surface area contributed by atoms with Gasteiger partial charge in [0.25, 0.3) is 0 Å². The number of hydrogen-bond acceptors (Lipinski definition) is 2. The number of carbonyl (C=O) groups is 1. The van der Waals surface area contributed by atoms with Crippen LogP contribution >= 0.6 is 0 Å². The maximum atomic E-state index is 13.0. The Hall–Kier alpha value is -4.02. The highest BCUT2D eigenvalue weighted by Crippen LogP contribution is 2.37. The van der Waals surface area contributed by atoms with Gasteiger partial charge in [0.2, 0.25) is 0 Å². The van der Waals surface area contributed by atoms with Crippen LogP contribution in [0.25, 0.3) is 16.9 Å². The Morgan fingerprint density at radius 1 is 0.824 bits per heavy atom. The number of nitrogens with zero attached hydrogens (tertiary/aromatic N) is 2. The number of aromatic nitrogens is 2. The van der Waals surface area contributed by atoms with Gasteiger partial charge in [0.15, 0.2) is 0 Å². The molecule has 2 N–H and O–H groups in total. The van der Waals surface area contributed by atoms with Crippen LogP contribution in [0.4, 0.5) is 42.5 Å². The number of benzene rings is 2. The molecule has 0 fully saturated rings. The zero-order valence-electron chi connectivity index (χ0n) is 17.4. The number of anilines is 2. The van der Waals surface area contributed by atoms with Gasteiger partial charge >= 0.3 is 18.4 Å². The highest BCUT2D eigenvalue weighted by molar-refractivity contribution is 6.00. The predicted octanol–water partition coefficient (Wildman–Crippen LogP) is 6.99. The molecule has 11 heteroatoms. The Morgan fingerprint density at radius 2 is 1.41 bits per heavy atom. The van der Waals surface area contributed by atoms with Crippen LogP contribution in [-0.4, -0.2) is 15.4 Å². The Morgan fingerprint density at radius 3 is 2.00 bits per heavy atom. The van der Waals surface area contributed by atoms with Crippen molar-refractivity contribution in [3.8, 4) is 11.3 Å². The number of rotatable bonds is 3. The molecule has 34 heavy (non-hydrogen) atoms. The minimum Gasteiger partial charge on any atom is -0.308 e. The summed E-state index contributed by atoms with van der Waals surface area (Å²) in [6.07, 6.45) is -6.32. The lowest BCUT2D eigenvalue weighted by atomic mass is 10.1. The Kier molecular flexibility index (Phi) is 5.72. The molecule has 0 unspecified atom stereocenters. The van der Waals surface area contributed by atoms with E-state index in [1.165, 1.54) is 12.1 Å². The summed E-state index contributed by atoms with van der Waals surface area (Å²) in [5.41, 5.74) is -0.158. The molecule has 0 bridgehead atoms. The molecular formula is C23H16F6N4O. The summed E-state index contributed by atoms with van der Waals surface area (Å²) in [6, 6.07) is 10.1. The Labute approximate surface area is 189 Å². The molecule has 0 aliphatic heterocycles. The topological polar surface area (TPSA) is 58.4 Å². The molecule has 5 nitrogen and oxygen atoms in total. The van der Waals surface area contributed by atoms with Crippen molar-refractivity contribution in [1.82, 2.24) is 9.38 Å². The van der Waals surface area contributed by atoms with Crippen LogP contribution in [-0.2, 0) is 12.4 Å². The maximum Gasteiger partial charge on any atom is 0.416 e. The van der Waals surface area contributed by atoms with Crippen molar-refractivity contribution < 1.29 is 31.1 Å². The highest BCUT2D eigenvalue weighted by Gasteiger charge is 2.37. The van der Waals surface area contributed by atoms with Crippen LogP contribution in [0.2, 0.25) is 0 Å². The lowest BCUT2D eigenvalue weighted by molar-refractivity contribution is -0.143. The van der Waals surface area contributed by atoms with E-state index in [1.807, 2.05) is 41.2 Å². The standard InChI is InChI=1S/C23H16F6N4O/c1-13-6-7-33-12-19(32-20(33)8-13)14-2-4-17(5-3-14)30-21(34)31-18-10-15(22(24,25)26)9-16(11-18)23(27,28)29/h2-12H,1H3,(H2,30,31,34). The summed E-state index contributed by atoms with van der Waals surface area (Å²) in [6.45, 7) is 1.95. The largest absolute Gasteiger partial charge is 0.416 e. The summed E-state index contributed by atoms with van der Waals surface area (Å²) in [4.78, 5) is 16.7. The van der Waals surface area contributed by atoms with Crippen molar-refractivity contribution >= 4 is 23.1 Å². The summed E-state index contributed by atoms with van der Waals surface area (Å²) in [5.74, 6) is 0. The first kappa shape index (κ1) is 23.1. The maximum absolute atomic E-state index is 13.0. The summed E-state index contributed by atoms with van der Waals surface area (Å²) in [5, 5.41) is 4.40. The number of carbonyl (C=O) groups excluding carboxylic acids is 1. The van der Waals surface area contributed by atoms with Crippen LogP contribution in [0.5, 0.6) is 0 Å². The van der Waals surface area contributed by atoms with E-state index in [9.17, 15) is 31.1 Å². The van der Waals surface area contributed by atoms with Crippen molar-refractivity contribution in [2.75, 3.05) is 10.6 Å². The highest BCUT2D eigenvalue weighted by atomic mass is 19.4. The predicted molar refractivity (Wildman–Crippen MR) is 114 cm³/mol. The van der Waals surface area contributed by atoms with Crippen molar-refractivity contribution in [2.45, 2.75) is 19.3 Å². The molecule has 2 amide bonds. The number of pyridine rings is 1. The number of aryl methyl sites for hydroxylation is 1. The minimum atomic E-state index is -5.01. The molecule has 0 spiro atoms. The molecule has 2 aromatic carbocycles. The number of halogens is 6. The van der Waals surface area contributed by atoms with Crippen LogP contribution in [0.15, 0.2) is 67.0 Å². The zero-order valence-corrected chi connectivity index (χ0v) is 17.4. The van der Waals surface area contributed by atoms with Gasteiger partial charge in [-0.15, -0.1) is 0 Å². The van der Waals surface area contributed by atoms with Gasteiger partial charge in [-0.3, -0.25) is 0 Å². The number of nitrogens with one attached hydrogen (secondary N) is 2. The Balaban J connectivity index is 1.50. The molecule has 0 radical (unpaired) electrons. The van der Waals surface area contributed by atoms with E-state index in [2.05, 4.69) is 10.3 Å². The second-order valence-corrected chi connectivity index (χ2v) is 7.55. The second kappa shape index (κ2) is 8.40. The fourth-order valence-electron chi connectivity index (χ4n) is 3.27. The molecule has 0 saturated carbocycles. The van der Waals surface area contributed by atoms with E-state index in [4.69, 9.17) is 0 Å². The number of urea groups is 1. The fraction of sp³-hybridized carbons (Fsp3) is 0.130. The third kappa shape index (κ3) is 5.13. The van der Waals surface area contributed by atoms with E-state index < -0.39 is 35.2 Å². The van der Waals surface area contributed by atoms with E-state index in [1.54, 1.807) is 12.1 Å². The normalized spacial score (nSPS) is 12.1. The van der Waals surface area contributed by atoms with Gasteiger partial charge in [0, 0.05) is 29.3 Å². The number of amides is 2. The van der Waals surface area contributed by atoms with Gasteiger partial charge in [0.05, 0.1) is 16.8 Å². The van der Waals surface area contributed by atoms with Crippen LogP contribution in [0, 0.1) is 6.92 Å². The third-order valence-electron chi connectivity index (χ3n) is 4.90. The monoisotopic (exact) mass is 478 g/mol. The van der Waals surface area contributed by atoms with Gasteiger partial charge in [-0.25, -0.2) is 9.78 Å². The number of alkyl halides is 6. The summed E-state index contributed by atoms with van der Waals surface area (Å²) >= 11 is 0. The molecule has 4 rings (SSSR count). The summed E-state index contributed by atoms with van der Waals surface area (Å²) < 4.78 is 79.8.